The number of nitrogens with zero attached hydrogens (tertiary/aromatic N) is 5. The number of carbonyl (C=O) groups excluding carboxylic acids is 1. The molecule has 34 heavy (non-hydrogen) atoms. The van der Waals surface area contributed by atoms with Crippen molar-refractivity contribution in [1.82, 2.24) is 24.8 Å². The molecule has 0 aromatic carbocycles. The van der Waals surface area contributed by atoms with Gasteiger partial charge in [0.1, 0.15) is 5.69 Å². The van der Waals surface area contributed by atoms with Gasteiger partial charge in [-0.1, -0.05) is 0 Å². The smallest absolute Gasteiger partial charge is 0.283 e. The Labute approximate surface area is 201 Å². The van der Waals surface area contributed by atoms with Crippen molar-refractivity contribution in [3.8, 4) is 16.5 Å². The third-order valence-electron chi connectivity index (χ3n) is 5.73. The maximum absolute atomic E-state index is 13.3. The fraction of sp³-hybridized carbons (Fsp3) is 0.409. The molecule has 178 valence electrons. The van der Waals surface area contributed by atoms with Crippen LogP contribution in [0.4, 0.5) is 5.69 Å². The van der Waals surface area contributed by atoms with Gasteiger partial charge < -0.3 is 9.64 Å². The van der Waals surface area contributed by atoms with Crippen LogP contribution < -0.4 is 9.46 Å². The Kier molecular flexibility index (Phi) is 6.17. The fourth-order valence-electron chi connectivity index (χ4n) is 3.98. The minimum atomic E-state index is -3.38. The van der Waals surface area contributed by atoms with E-state index in [1.807, 2.05) is 6.92 Å². The van der Waals surface area contributed by atoms with Gasteiger partial charge in [0.25, 0.3) is 5.91 Å². The second-order valence-electron chi connectivity index (χ2n) is 8.22. The van der Waals surface area contributed by atoms with Crippen LogP contribution in [0.1, 0.15) is 54.0 Å². The van der Waals surface area contributed by atoms with Crippen molar-refractivity contribution in [3.05, 3.63) is 47.6 Å². The molecule has 12 heteroatoms. The van der Waals surface area contributed by atoms with Crippen molar-refractivity contribution >= 4 is 33.0 Å². The van der Waals surface area contributed by atoms with Gasteiger partial charge in [0.05, 0.1) is 47.1 Å². The lowest BCUT2D eigenvalue weighted by Gasteiger charge is -2.24. The van der Waals surface area contributed by atoms with Crippen LogP contribution in [0, 0.1) is 0 Å². The van der Waals surface area contributed by atoms with E-state index < -0.39 is 10.0 Å². The molecule has 3 aromatic heterocycles. The van der Waals surface area contributed by atoms with Crippen LogP contribution in [0.2, 0.25) is 0 Å². The predicted molar refractivity (Wildman–Crippen MR) is 127 cm³/mol. The molecule has 0 radical (unpaired) electrons. The van der Waals surface area contributed by atoms with Crippen molar-refractivity contribution in [2.45, 2.75) is 43.9 Å². The summed E-state index contributed by atoms with van der Waals surface area (Å²) in [5, 5.41) is 0.0443. The largest absolute Gasteiger partial charge is 0.477 e. The first kappa shape index (κ1) is 22.7. The number of nitrogens with one attached hydrogen (secondary N) is 1. The number of rotatable bonds is 8. The molecule has 5 rings (SSSR count). The molecule has 10 nitrogen and oxygen atoms in total. The van der Waals surface area contributed by atoms with E-state index in [2.05, 4.69) is 24.7 Å². The van der Waals surface area contributed by atoms with E-state index in [9.17, 15) is 13.2 Å². The van der Waals surface area contributed by atoms with Crippen molar-refractivity contribution in [1.29, 1.82) is 0 Å². The highest BCUT2D eigenvalue weighted by molar-refractivity contribution is 7.93. The van der Waals surface area contributed by atoms with Crippen LogP contribution in [0.5, 0.6) is 5.88 Å². The highest BCUT2D eigenvalue weighted by Gasteiger charge is 2.36. The van der Waals surface area contributed by atoms with Gasteiger partial charge in [0.15, 0.2) is 5.01 Å². The number of sulfonamides is 1. The summed E-state index contributed by atoms with van der Waals surface area (Å²) < 4.78 is 32.6. The summed E-state index contributed by atoms with van der Waals surface area (Å²) in [5.41, 5.74) is 1.82. The fourth-order valence-corrected chi connectivity index (χ4v) is 6.17. The van der Waals surface area contributed by atoms with Crippen LogP contribution in [0.15, 0.2) is 37.1 Å². The van der Waals surface area contributed by atoms with Crippen molar-refractivity contribution in [2.75, 3.05) is 17.9 Å². The number of thiazole rings is 1. The number of likely N-dealkylation sites (tertiary alicyclic amines) is 1. The average molecular weight is 501 g/mol. The number of pyridine rings is 1. The molecule has 1 atom stereocenters. The third-order valence-corrected chi connectivity index (χ3v) is 8.60. The quantitative estimate of drug-likeness (QED) is 0.499. The monoisotopic (exact) mass is 500 g/mol. The summed E-state index contributed by atoms with van der Waals surface area (Å²) in [6.45, 7) is 2.95. The van der Waals surface area contributed by atoms with Crippen LogP contribution in [0.3, 0.4) is 0 Å². The third kappa shape index (κ3) is 4.73. The molecular weight excluding hydrogens is 476 g/mol. The molecule has 1 saturated heterocycles. The van der Waals surface area contributed by atoms with Gasteiger partial charge in [-0.3, -0.25) is 19.5 Å². The lowest BCUT2D eigenvalue weighted by atomic mass is 10.1. The highest BCUT2D eigenvalue weighted by atomic mass is 32.2. The first-order valence-electron chi connectivity index (χ1n) is 11.1. The van der Waals surface area contributed by atoms with E-state index in [0.717, 1.165) is 23.3 Å². The van der Waals surface area contributed by atoms with Crippen LogP contribution in [0.25, 0.3) is 10.6 Å². The van der Waals surface area contributed by atoms with E-state index in [-0.39, 0.29) is 17.2 Å². The summed E-state index contributed by atoms with van der Waals surface area (Å²) in [7, 11) is -3.38. The molecule has 0 bridgehead atoms. The van der Waals surface area contributed by atoms with Crippen LogP contribution in [-0.4, -0.2) is 57.6 Å². The second-order valence-corrected chi connectivity index (χ2v) is 11.2. The van der Waals surface area contributed by atoms with Gasteiger partial charge >= 0.3 is 0 Å². The molecule has 1 saturated carbocycles. The SMILES string of the molecule is CCOc1cncc(-c2cnc(C(=O)N3CCC[C@H]3c3cncc(NS(=O)(=O)C4CC4)c3)s2)n1. The van der Waals surface area contributed by atoms with Crippen molar-refractivity contribution in [3.63, 3.8) is 0 Å². The summed E-state index contributed by atoms with van der Waals surface area (Å²) >= 11 is 1.26. The van der Waals surface area contributed by atoms with E-state index in [1.165, 1.54) is 17.5 Å². The Morgan fingerprint density at radius 2 is 2.00 bits per heavy atom. The summed E-state index contributed by atoms with van der Waals surface area (Å²) in [6.07, 6.45) is 10.9. The lowest BCUT2D eigenvalue weighted by Crippen LogP contribution is -2.30. The maximum atomic E-state index is 13.3. The van der Waals surface area contributed by atoms with Gasteiger partial charge in [-0.05, 0) is 44.2 Å². The molecule has 1 aliphatic heterocycles. The number of ether oxygens (including phenoxy) is 1. The zero-order valence-corrected chi connectivity index (χ0v) is 20.2. The lowest BCUT2D eigenvalue weighted by molar-refractivity contribution is 0.0735. The van der Waals surface area contributed by atoms with Crippen molar-refractivity contribution < 1.29 is 17.9 Å². The molecule has 0 unspecified atom stereocenters. The molecule has 1 aliphatic carbocycles. The minimum absolute atomic E-state index is 0.170. The molecule has 2 fully saturated rings. The van der Waals surface area contributed by atoms with Gasteiger partial charge in [-0.15, -0.1) is 11.3 Å². The Morgan fingerprint density at radius 1 is 1.18 bits per heavy atom. The topological polar surface area (TPSA) is 127 Å². The molecule has 3 aromatic rings. The summed E-state index contributed by atoms with van der Waals surface area (Å²) in [6, 6.07) is 1.57. The van der Waals surface area contributed by atoms with Gasteiger partial charge in [0.2, 0.25) is 15.9 Å². The van der Waals surface area contributed by atoms with Gasteiger partial charge in [-0.2, -0.15) is 0 Å². The number of hydrogen-bond acceptors (Lipinski definition) is 9. The number of amides is 1. The zero-order valence-electron chi connectivity index (χ0n) is 18.5. The zero-order chi connectivity index (χ0) is 23.7. The Hall–Kier alpha value is -3.12. The predicted octanol–water partition coefficient (Wildman–Crippen LogP) is 3.28. The molecule has 4 heterocycles. The van der Waals surface area contributed by atoms with Gasteiger partial charge in [0, 0.05) is 18.9 Å². The maximum Gasteiger partial charge on any atom is 0.283 e. The Balaban J connectivity index is 1.34. The van der Waals surface area contributed by atoms with Gasteiger partial charge in [-0.25, -0.2) is 18.4 Å². The Bertz CT molecular complexity index is 1310. The first-order chi connectivity index (χ1) is 16.4. The summed E-state index contributed by atoms with van der Waals surface area (Å²) in [5.74, 6) is 0.252. The molecule has 1 N–H and O–H groups in total. The Morgan fingerprint density at radius 3 is 2.79 bits per heavy atom. The van der Waals surface area contributed by atoms with Crippen LogP contribution in [-0.2, 0) is 10.0 Å². The summed E-state index contributed by atoms with van der Waals surface area (Å²) in [4.78, 5) is 33.0. The molecule has 1 amide bonds. The highest BCUT2D eigenvalue weighted by Crippen LogP contribution is 2.36. The number of anilines is 1. The molecular formula is C22H24N6O4S2. The van der Waals surface area contributed by atoms with Crippen molar-refractivity contribution in [2.24, 2.45) is 0 Å². The molecule has 2 aliphatic rings. The van der Waals surface area contributed by atoms with E-state index in [1.54, 1.807) is 35.8 Å². The van der Waals surface area contributed by atoms with E-state index >= 15 is 0 Å². The van der Waals surface area contributed by atoms with E-state index in [0.29, 0.717) is 48.3 Å². The normalized spacial score (nSPS) is 18.1. The second kappa shape index (κ2) is 9.26. The van der Waals surface area contributed by atoms with E-state index in [4.69, 9.17) is 4.74 Å². The first-order valence-corrected chi connectivity index (χ1v) is 13.5. The standard InChI is InChI=1S/C22H24N6O4S2/c1-2-32-20-13-24-11-17(26-20)19-12-25-21(33-19)22(29)28-7-3-4-18(28)14-8-15(10-23-9-14)27-34(30,31)16-5-6-16/h8-13,16,18,27H,2-7H2,1H3/t18-/m0/s1. The molecule has 0 spiro atoms. The van der Waals surface area contributed by atoms with Crippen LogP contribution >= 0.6 is 11.3 Å². The average Bonchev–Trinajstić information content (AvgIpc) is 3.39. The number of hydrogen-bond donors (Lipinski definition) is 1. The number of carbonyl (C=O) groups is 1. The number of aromatic nitrogens is 4. The minimum Gasteiger partial charge on any atom is -0.477 e.